The lowest BCUT2D eigenvalue weighted by atomic mass is 10.1. The molecule has 0 atom stereocenters. The molecule has 1 fully saturated rings. The summed E-state index contributed by atoms with van der Waals surface area (Å²) >= 11 is 7.81. The van der Waals surface area contributed by atoms with Gasteiger partial charge in [-0.25, -0.2) is 0 Å². The van der Waals surface area contributed by atoms with Crippen molar-refractivity contribution in [2.24, 2.45) is 4.99 Å². The molecule has 5 nitrogen and oxygen atoms in total. The quantitative estimate of drug-likeness (QED) is 0.631. The van der Waals surface area contributed by atoms with Crippen LogP contribution in [0.5, 0.6) is 11.5 Å². The molecule has 28 heavy (non-hydrogen) atoms. The lowest BCUT2D eigenvalue weighted by molar-refractivity contribution is -0.121. The minimum atomic E-state index is -0.0934. The fourth-order valence-corrected chi connectivity index (χ4v) is 3.91. The summed E-state index contributed by atoms with van der Waals surface area (Å²) in [5, 5.41) is 1.09. The van der Waals surface area contributed by atoms with Gasteiger partial charge in [0.15, 0.2) is 16.7 Å². The van der Waals surface area contributed by atoms with Crippen LogP contribution in [0.25, 0.3) is 6.08 Å². The number of likely N-dealkylation sites (N-methyl/N-ethyl adjacent to an activating group) is 1. The third kappa shape index (κ3) is 4.51. The van der Waals surface area contributed by atoms with Gasteiger partial charge in [-0.1, -0.05) is 41.9 Å². The van der Waals surface area contributed by atoms with E-state index in [0.29, 0.717) is 39.8 Å². The van der Waals surface area contributed by atoms with Crippen LogP contribution in [0, 0.1) is 0 Å². The number of ether oxygens (including phenoxy) is 2. The van der Waals surface area contributed by atoms with E-state index in [9.17, 15) is 4.79 Å². The summed E-state index contributed by atoms with van der Waals surface area (Å²) in [7, 11) is 3.37. The predicted octanol–water partition coefficient (Wildman–Crippen LogP) is 4.85. The number of carbonyl (C=O) groups is 1. The molecule has 2 aromatic carbocycles. The van der Waals surface area contributed by atoms with Gasteiger partial charge >= 0.3 is 0 Å². The minimum Gasteiger partial charge on any atom is -0.490 e. The van der Waals surface area contributed by atoms with Gasteiger partial charge in [-0.2, -0.15) is 0 Å². The number of hydrogen-bond donors (Lipinski definition) is 0. The van der Waals surface area contributed by atoms with E-state index in [-0.39, 0.29) is 5.91 Å². The minimum absolute atomic E-state index is 0.0934. The summed E-state index contributed by atoms with van der Waals surface area (Å²) in [4.78, 5) is 18.6. The van der Waals surface area contributed by atoms with Gasteiger partial charge in [0, 0.05) is 14.1 Å². The summed E-state index contributed by atoms with van der Waals surface area (Å²) in [5.74, 6) is 0.947. The SMILES string of the molecule is CCOc1cc(/C=C2\SC(=NC)N(C)C2=O)cc(Cl)c1OCc1ccccc1. The number of rotatable bonds is 6. The number of thioether (sulfide) groups is 1. The van der Waals surface area contributed by atoms with Crippen molar-refractivity contribution in [1.82, 2.24) is 4.90 Å². The molecule has 1 aliphatic heterocycles. The first-order valence-corrected chi connectivity index (χ1v) is 10.0. The van der Waals surface area contributed by atoms with Crippen LogP contribution >= 0.6 is 23.4 Å². The van der Waals surface area contributed by atoms with Crippen molar-refractivity contribution in [3.63, 3.8) is 0 Å². The first kappa shape index (κ1) is 20.3. The van der Waals surface area contributed by atoms with E-state index in [1.165, 1.54) is 16.7 Å². The maximum absolute atomic E-state index is 12.4. The zero-order chi connectivity index (χ0) is 20.1. The Labute approximate surface area is 174 Å². The smallest absolute Gasteiger partial charge is 0.266 e. The van der Waals surface area contributed by atoms with Crippen molar-refractivity contribution in [1.29, 1.82) is 0 Å². The molecule has 0 radical (unpaired) electrons. The van der Waals surface area contributed by atoms with Crippen LogP contribution in [0.2, 0.25) is 5.02 Å². The number of amidine groups is 1. The monoisotopic (exact) mass is 416 g/mol. The Balaban J connectivity index is 1.88. The number of hydrogen-bond acceptors (Lipinski definition) is 5. The second-order valence-electron chi connectivity index (χ2n) is 6.02. The molecule has 1 saturated heterocycles. The highest BCUT2D eigenvalue weighted by atomic mass is 35.5. The van der Waals surface area contributed by atoms with Gasteiger partial charge in [0.25, 0.3) is 5.91 Å². The Morgan fingerprint density at radius 2 is 1.96 bits per heavy atom. The number of benzene rings is 2. The first-order chi connectivity index (χ1) is 13.5. The van der Waals surface area contributed by atoms with Gasteiger partial charge in [-0.05, 0) is 48.0 Å². The Hall–Kier alpha value is -2.44. The Morgan fingerprint density at radius 1 is 1.21 bits per heavy atom. The molecule has 1 amide bonds. The van der Waals surface area contributed by atoms with E-state index in [2.05, 4.69) is 4.99 Å². The van der Waals surface area contributed by atoms with Gasteiger partial charge in [0.1, 0.15) is 6.61 Å². The van der Waals surface area contributed by atoms with Crippen LogP contribution in [-0.2, 0) is 11.4 Å². The molecule has 0 bridgehead atoms. The lowest BCUT2D eigenvalue weighted by Crippen LogP contribution is -2.23. The number of amides is 1. The van der Waals surface area contributed by atoms with E-state index in [4.69, 9.17) is 21.1 Å². The Morgan fingerprint density at radius 3 is 2.61 bits per heavy atom. The highest BCUT2D eigenvalue weighted by molar-refractivity contribution is 8.18. The van der Waals surface area contributed by atoms with Crippen LogP contribution in [0.1, 0.15) is 18.1 Å². The van der Waals surface area contributed by atoms with Gasteiger partial charge in [-0.3, -0.25) is 14.7 Å². The summed E-state index contributed by atoms with van der Waals surface area (Å²) in [6.45, 7) is 2.76. The number of carbonyl (C=O) groups excluding carboxylic acids is 1. The molecule has 0 aromatic heterocycles. The molecule has 1 heterocycles. The molecular formula is C21H21ClN2O3S. The van der Waals surface area contributed by atoms with Gasteiger partial charge in [-0.15, -0.1) is 0 Å². The van der Waals surface area contributed by atoms with E-state index in [1.807, 2.05) is 43.3 Å². The molecule has 0 aliphatic carbocycles. The average Bonchev–Trinajstić information content (AvgIpc) is 2.96. The van der Waals surface area contributed by atoms with E-state index in [0.717, 1.165) is 11.1 Å². The zero-order valence-corrected chi connectivity index (χ0v) is 17.5. The van der Waals surface area contributed by atoms with Crippen molar-refractivity contribution < 1.29 is 14.3 Å². The van der Waals surface area contributed by atoms with Gasteiger partial charge in [0.2, 0.25) is 0 Å². The normalized spacial score (nSPS) is 16.9. The zero-order valence-electron chi connectivity index (χ0n) is 15.9. The topological polar surface area (TPSA) is 51.1 Å². The fraction of sp³-hybridized carbons (Fsp3) is 0.238. The fourth-order valence-electron chi connectivity index (χ4n) is 2.70. The highest BCUT2D eigenvalue weighted by Gasteiger charge is 2.29. The first-order valence-electron chi connectivity index (χ1n) is 8.81. The third-order valence-corrected chi connectivity index (χ3v) is 5.48. The van der Waals surface area contributed by atoms with Crippen molar-refractivity contribution in [3.05, 3.63) is 63.5 Å². The maximum Gasteiger partial charge on any atom is 0.266 e. The number of aliphatic imine (C=N–C) groups is 1. The molecule has 0 unspecified atom stereocenters. The van der Waals surface area contributed by atoms with Crippen LogP contribution in [-0.4, -0.2) is 36.7 Å². The summed E-state index contributed by atoms with van der Waals surface area (Å²) in [6, 6.07) is 13.4. The third-order valence-electron chi connectivity index (χ3n) is 4.05. The Bertz CT molecular complexity index is 929. The molecule has 7 heteroatoms. The van der Waals surface area contributed by atoms with Crippen molar-refractivity contribution >= 4 is 40.5 Å². The average molecular weight is 417 g/mol. The van der Waals surface area contributed by atoms with Crippen LogP contribution in [0.3, 0.4) is 0 Å². The Kier molecular flexibility index (Phi) is 6.65. The molecular weight excluding hydrogens is 396 g/mol. The highest BCUT2D eigenvalue weighted by Crippen LogP contribution is 2.39. The molecule has 146 valence electrons. The van der Waals surface area contributed by atoms with Gasteiger partial charge < -0.3 is 9.47 Å². The van der Waals surface area contributed by atoms with E-state index in [1.54, 1.807) is 26.2 Å². The molecule has 2 aromatic rings. The van der Waals surface area contributed by atoms with Crippen LogP contribution < -0.4 is 9.47 Å². The van der Waals surface area contributed by atoms with Crippen molar-refractivity contribution in [2.45, 2.75) is 13.5 Å². The van der Waals surface area contributed by atoms with E-state index < -0.39 is 0 Å². The standard InChI is InChI=1S/C21H21ClN2O3S/c1-4-26-17-11-15(12-18-20(25)24(3)21(23-2)28-18)10-16(22)19(17)27-13-14-8-6-5-7-9-14/h5-12H,4,13H2,1-3H3/b18-12-,23-21?. The van der Waals surface area contributed by atoms with E-state index >= 15 is 0 Å². The van der Waals surface area contributed by atoms with Crippen LogP contribution in [0.4, 0.5) is 0 Å². The number of halogens is 1. The molecule has 0 spiro atoms. The molecule has 1 aliphatic rings. The predicted molar refractivity (Wildman–Crippen MR) is 115 cm³/mol. The maximum atomic E-state index is 12.4. The van der Waals surface area contributed by atoms with Crippen molar-refractivity contribution in [2.75, 3.05) is 20.7 Å². The lowest BCUT2D eigenvalue weighted by Gasteiger charge is -2.14. The number of nitrogens with zero attached hydrogens (tertiary/aromatic N) is 2. The molecule has 0 N–H and O–H groups in total. The summed E-state index contributed by atoms with van der Waals surface area (Å²) < 4.78 is 11.7. The second kappa shape index (κ2) is 9.17. The molecule has 3 rings (SSSR count). The van der Waals surface area contributed by atoms with Gasteiger partial charge in [0.05, 0.1) is 16.5 Å². The molecule has 0 saturated carbocycles. The largest absolute Gasteiger partial charge is 0.490 e. The van der Waals surface area contributed by atoms with Crippen molar-refractivity contribution in [3.8, 4) is 11.5 Å². The summed E-state index contributed by atoms with van der Waals surface area (Å²) in [5.41, 5.74) is 1.80. The second-order valence-corrected chi connectivity index (χ2v) is 7.43. The summed E-state index contributed by atoms with van der Waals surface area (Å²) in [6.07, 6.45) is 1.79. The van der Waals surface area contributed by atoms with Crippen LogP contribution in [0.15, 0.2) is 52.4 Å².